The van der Waals surface area contributed by atoms with E-state index in [4.69, 9.17) is 15.2 Å². The molecule has 0 radical (unpaired) electrons. The van der Waals surface area contributed by atoms with Gasteiger partial charge in [0.1, 0.15) is 11.5 Å². The number of ether oxygens (including phenoxy) is 2. The SMILES string of the molecule is COc1csc(C(N)c2cccc(OC3CC3)c2)c1. The standard InChI is InChI=1S/C15H17NO2S/c1-17-13-8-14(19-9-13)15(16)10-3-2-4-12(7-10)18-11-5-6-11/h2-4,7-9,11,15H,5-6,16H2,1H3. The normalized spacial score (nSPS) is 16.1. The minimum Gasteiger partial charge on any atom is -0.496 e. The predicted octanol–water partition coefficient (Wildman–Crippen LogP) is 3.35. The summed E-state index contributed by atoms with van der Waals surface area (Å²) in [6.45, 7) is 0. The lowest BCUT2D eigenvalue weighted by Crippen LogP contribution is -2.10. The van der Waals surface area contributed by atoms with E-state index in [9.17, 15) is 0 Å². The minimum absolute atomic E-state index is 0.128. The highest BCUT2D eigenvalue weighted by Gasteiger charge is 2.23. The van der Waals surface area contributed by atoms with Gasteiger partial charge < -0.3 is 15.2 Å². The van der Waals surface area contributed by atoms with Crippen LogP contribution in [0, 0.1) is 0 Å². The van der Waals surface area contributed by atoms with Gasteiger partial charge in [-0.3, -0.25) is 0 Å². The smallest absolute Gasteiger partial charge is 0.129 e. The van der Waals surface area contributed by atoms with Crippen LogP contribution in [-0.4, -0.2) is 13.2 Å². The number of hydrogen-bond donors (Lipinski definition) is 1. The van der Waals surface area contributed by atoms with E-state index in [0.717, 1.165) is 21.9 Å². The molecule has 0 bridgehead atoms. The Labute approximate surface area is 117 Å². The zero-order valence-corrected chi connectivity index (χ0v) is 11.7. The van der Waals surface area contributed by atoms with Crippen molar-refractivity contribution in [2.75, 3.05) is 7.11 Å². The van der Waals surface area contributed by atoms with Gasteiger partial charge in [0.05, 0.1) is 19.3 Å². The van der Waals surface area contributed by atoms with E-state index in [1.165, 1.54) is 12.8 Å². The lowest BCUT2D eigenvalue weighted by atomic mass is 10.1. The number of hydrogen-bond acceptors (Lipinski definition) is 4. The number of nitrogens with two attached hydrogens (primary N) is 1. The van der Waals surface area contributed by atoms with Crippen molar-refractivity contribution in [2.45, 2.75) is 25.0 Å². The Balaban J connectivity index is 1.79. The number of methoxy groups -OCH3 is 1. The Morgan fingerprint density at radius 3 is 2.79 bits per heavy atom. The number of benzene rings is 1. The van der Waals surface area contributed by atoms with Crippen LogP contribution in [0.4, 0.5) is 0 Å². The van der Waals surface area contributed by atoms with Crippen LogP contribution in [0.15, 0.2) is 35.7 Å². The topological polar surface area (TPSA) is 44.5 Å². The first kappa shape index (κ1) is 12.5. The molecular formula is C15H17NO2S. The summed E-state index contributed by atoms with van der Waals surface area (Å²) < 4.78 is 11.0. The van der Waals surface area contributed by atoms with E-state index >= 15 is 0 Å². The third kappa shape index (κ3) is 2.91. The van der Waals surface area contributed by atoms with Crippen LogP contribution in [0.1, 0.15) is 29.3 Å². The minimum atomic E-state index is -0.128. The molecule has 0 spiro atoms. The van der Waals surface area contributed by atoms with Gasteiger partial charge >= 0.3 is 0 Å². The van der Waals surface area contributed by atoms with Gasteiger partial charge in [-0.15, -0.1) is 11.3 Å². The fourth-order valence-corrected chi connectivity index (χ4v) is 2.81. The molecule has 1 aliphatic rings. The second kappa shape index (κ2) is 5.23. The summed E-state index contributed by atoms with van der Waals surface area (Å²) in [5.74, 6) is 1.78. The maximum Gasteiger partial charge on any atom is 0.129 e. The Morgan fingerprint density at radius 1 is 1.26 bits per heavy atom. The molecule has 3 rings (SSSR count). The molecule has 100 valence electrons. The van der Waals surface area contributed by atoms with Crippen molar-refractivity contribution in [3.8, 4) is 11.5 Å². The molecule has 0 amide bonds. The molecule has 1 heterocycles. The molecule has 1 fully saturated rings. The van der Waals surface area contributed by atoms with Crippen LogP contribution in [-0.2, 0) is 0 Å². The lowest BCUT2D eigenvalue weighted by Gasteiger charge is -2.12. The van der Waals surface area contributed by atoms with Crippen LogP contribution in [0.5, 0.6) is 11.5 Å². The van der Waals surface area contributed by atoms with Crippen LogP contribution in [0.2, 0.25) is 0 Å². The summed E-state index contributed by atoms with van der Waals surface area (Å²) in [6.07, 6.45) is 2.74. The van der Waals surface area contributed by atoms with Crippen LogP contribution in [0.3, 0.4) is 0 Å². The summed E-state index contributed by atoms with van der Waals surface area (Å²) in [5, 5.41) is 1.97. The quantitative estimate of drug-likeness (QED) is 0.910. The predicted molar refractivity (Wildman–Crippen MR) is 77.0 cm³/mol. The van der Waals surface area contributed by atoms with E-state index < -0.39 is 0 Å². The highest BCUT2D eigenvalue weighted by atomic mass is 32.1. The molecule has 0 aliphatic heterocycles. The zero-order valence-electron chi connectivity index (χ0n) is 10.8. The van der Waals surface area contributed by atoms with Gasteiger partial charge in [0, 0.05) is 10.3 Å². The number of thiophene rings is 1. The Bertz CT molecular complexity index is 563. The van der Waals surface area contributed by atoms with Gasteiger partial charge in [-0.05, 0) is 36.6 Å². The van der Waals surface area contributed by atoms with Crippen molar-refractivity contribution in [1.82, 2.24) is 0 Å². The van der Waals surface area contributed by atoms with Gasteiger partial charge in [0.2, 0.25) is 0 Å². The fourth-order valence-electron chi connectivity index (χ4n) is 1.93. The van der Waals surface area contributed by atoms with E-state index in [-0.39, 0.29) is 6.04 Å². The van der Waals surface area contributed by atoms with Crippen molar-refractivity contribution in [3.63, 3.8) is 0 Å². The first-order valence-electron chi connectivity index (χ1n) is 6.41. The monoisotopic (exact) mass is 275 g/mol. The summed E-state index contributed by atoms with van der Waals surface area (Å²) in [6, 6.07) is 9.92. The number of rotatable bonds is 5. The van der Waals surface area contributed by atoms with Crippen LogP contribution in [0.25, 0.3) is 0 Å². The van der Waals surface area contributed by atoms with E-state index in [2.05, 4.69) is 0 Å². The molecule has 0 saturated heterocycles. The summed E-state index contributed by atoms with van der Waals surface area (Å²) >= 11 is 1.62. The van der Waals surface area contributed by atoms with Crippen LogP contribution < -0.4 is 15.2 Å². The van der Waals surface area contributed by atoms with Crippen molar-refractivity contribution < 1.29 is 9.47 Å². The zero-order chi connectivity index (χ0) is 13.2. The molecule has 1 aliphatic carbocycles. The molecule has 2 N–H and O–H groups in total. The highest BCUT2D eigenvalue weighted by molar-refractivity contribution is 7.10. The van der Waals surface area contributed by atoms with Gasteiger partial charge in [0.25, 0.3) is 0 Å². The average Bonchev–Trinajstić information content (AvgIpc) is 3.11. The van der Waals surface area contributed by atoms with Gasteiger partial charge in [-0.1, -0.05) is 12.1 Å². The van der Waals surface area contributed by atoms with Crippen molar-refractivity contribution >= 4 is 11.3 Å². The molecular weight excluding hydrogens is 258 g/mol. The molecule has 1 saturated carbocycles. The maximum absolute atomic E-state index is 6.30. The van der Waals surface area contributed by atoms with E-state index in [0.29, 0.717) is 6.10 Å². The lowest BCUT2D eigenvalue weighted by molar-refractivity contribution is 0.303. The van der Waals surface area contributed by atoms with Crippen molar-refractivity contribution in [1.29, 1.82) is 0 Å². The fraction of sp³-hybridized carbons (Fsp3) is 0.333. The molecule has 19 heavy (non-hydrogen) atoms. The molecule has 1 atom stereocenters. The first-order chi connectivity index (χ1) is 9.26. The molecule has 1 aromatic heterocycles. The first-order valence-corrected chi connectivity index (χ1v) is 7.29. The second-order valence-corrected chi connectivity index (χ2v) is 5.70. The van der Waals surface area contributed by atoms with Gasteiger partial charge in [-0.25, -0.2) is 0 Å². The van der Waals surface area contributed by atoms with E-state index in [1.807, 2.05) is 35.7 Å². The van der Waals surface area contributed by atoms with E-state index in [1.54, 1.807) is 18.4 Å². The Morgan fingerprint density at radius 2 is 2.11 bits per heavy atom. The molecule has 3 nitrogen and oxygen atoms in total. The Kier molecular flexibility index (Phi) is 3.44. The third-order valence-corrected chi connectivity index (χ3v) is 4.18. The largest absolute Gasteiger partial charge is 0.496 e. The van der Waals surface area contributed by atoms with Gasteiger partial charge in [-0.2, -0.15) is 0 Å². The summed E-state index contributed by atoms with van der Waals surface area (Å²) in [7, 11) is 1.67. The molecule has 4 heteroatoms. The maximum atomic E-state index is 6.30. The Hall–Kier alpha value is -1.52. The second-order valence-electron chi connectivity index (χ2n) is 4.76. The van der Waals surface area contributed by atoms with Crippen LogP contribution >= 0.6 is 11.3 Å². The highest BCUT2D eigenvalue weighted by Crippen LogP contribution is 2.32. The molecule has 2 aromatic rings. The van der Waals surface area contributed by atoms with Crippen molar-refractivity contribution in [3.05, 3.63) is 46.2 Å². The summed E-state index contributed by atoms with van der Waals surface area (Å²) in [4.78, 5) is 1.10. The molecule has 1 aromatic carbocycles. The van der Waals surface area contributed by atoms with Crippen molar-refractivity contribution in [2.24, 2.45) is 5.73 Å². The summed E-state index contributed by atoms with van der Waals surface area (Å²) in [5.41, 5.74) is 7.37. The van der Waals surface area contributed by atoms with Gasteiger partial charge in [0.15, 0.2) is 0 Å². The average molecular weight is 275 g/mol. The molecule has 1 unspecified atom stereocenters. The third-order valence-electron chi connectivity index (χ3n) is 3.18.